The van der Waals surface area contributed by atoms with Crippen molar-refractivity contribution in [2.45, 2.75) is 34.2 Å². The molecule has 0 amide bonds. The molecule has 0 aromatic carbocycles. The van der Waals surface area contributed by atoms with Gasteiger partial charge in [0, 0.05) is 6.54 Å². The van der Waals surface area contributed by atoms with Crippen molar-refractivity contribution >= 4 is 17.1 Å². The summed E-state index contributed by atoms with van der Waals surface area (Å²) in [7, 11) is 0. The summed E-state index contributed by atoms with van der Waals surface area (Å²) in [5, 5.41) is 0. The van der Waals surface area contributed by atoms with Gasteiger partial charge in [-0.3, -0.25) is 0 Å². The first-order valence-corrected chi connectivity index (χ1v) is 5.32. The van der Waals surface area contributed by atoms with Gasteiger partial charge in [0.2, 0.25) is 5.95 Å². The summed E-state index contributed by atoms with van der Waals surface area (Å²) in [6.07, 6.45) is 1.67. The van der Waals surface area contributed by atoms with Crippen molar-refractivity contribution in [2.75, 3.05) is 5.73 Å². The predicted octanol–water partition coefficient (Wildman–Crippen LogP) is 1.76. The normalized spacial score (nSPS) is 12.2. The number of aryl methyl sites for hydroxylation is 1. The van der Waals surface area contributed by atoms with E-state index >= 15 is 0 Å². The molecule has 5 nitrogen and oxygen atoms in total. The van der Waals surface area contributed by atoms with Crippen molar-refractivity contribution in [3.63, 3.8) is 0 Å². The molecule has 0 radical (unpaired) electrons. The lowest BCUT2D eigenvalue weighted by Gasteiger charge is -2.20. The second-order valence-electron chi connectivity index (χ2n) is 5.24. The maximum absolute atomic E-state index is 5.60. The second-order valence-corrected chi connectivity index (χ2v) is 5.24. The lowest BCUT2D eigenvalue weighted by molar-refractivity contribution is 0.344. The first-order chi connectivity index (χ1) is 7.37. The van der Waals surface area contributed by atoms with Crippen molar-refractivity contribution in [1.29, 1.82) is 0 Å². The monoisotopic (exact) mass is 219 g/mol. The highest BCUT2D eigenvalue weighted by Crippen LogP contribution is 2.21. The van der Waals surface area contributed by atoms with Crippen LogP contribution in [0.2, 0.25) is 0 Å². The molecule has 0 saturated heterocycles. The van der Waals surface area contributed by atoms with E-state index in [-0.39, 0.29) is 5.41 Å². The molecule has 0 atom stereocenters. The molecule has 0 unspecified atom stereocenters. The maximum Gasteiger partial charge on any atom is 0.222 e. The van der Waals surface area contributed by atoms with E-state index < -0.39 is 0 Å². The Labute approximate surface area is 94.7 Å². The van der Waals surface area contributed by atoms with E-state index in [0.717, 1.165) is 23.5 Å². The Morgan fingerprint density at radius 1 is 1.31 bits per heavy atom. The number of hydrogen-bond acceptors (Lipinski definition) is 4. The van der Waals surface area contributed by atoms with Gasteiger partial charge in [-0.2, -0.15) is 4.98 Å². The lowest BCUT2D eigenvalue weighted by atomic mass is 9.97. The second kappa shape index (κ2) is 3.43. The lowest BCUT2D eigenvalue weighted by Crippen LogP contribution is -2.17. The summed E-state index contributed by atoms with van der Waals surface area (Å²) in [4.78, 5) is 12.6. The number of rotatable bonds is 1. The van der Waals surface area contributed by atoms with Crippen LogP contribution in [-0.4, -0.2) is 19.5 Å². The van der Waals surface area contributed by atoms with Crippen LogP contribution in [0.5, 0.6) is 0 Å². The Bertz CT molecular complexity index is 521. The average Bonchev–Trinajstić information content (AvgIpc) is 2.42. The van der Waals surface area contributed by atoms with E-state index in [2.05, 4.69) is 40.3 Å². The van der Waals surface area contributed by atoms with Gasteiger partial charge in [0.25, 0.3) is 0 Å². The van der Waals surface area contributed by atoms with Gasteiger partial charge in [-0.05, 0) is 12.3 Å². The summed E-state index contributed by atoms with van der Waals surface area (Å²) in [6.45, 7) is 9.39. The molecule has 2 heterocycles. The van der Waals surface area contributed by atoms with E-state index in [1.54, 1.807) is 6.20 Å². The van der Waals surface area contributed by atoms with Gasteiger partial charge in [-0.1, -0.05) is 20.8 Å². The minimum atomic E-state index is 0.179. The smallest absolute Gasteiger partial charge is 0.222 e. The molecule has 0 aliphatic carbocycles. The third-order valence-electron chi connectivity index (χ3n) is 2.33. The number of nitrogen functional groups attached to an aromatic ring is 1. The van der Waals surface area contributed by atoms with Gasteiger partial charge in [0.15, 0.2) is 5.65 Å². The number of nitrogens with two attached hydrogens (primary N) is 1. The maximum atomic E-state index is 5.60. The molecule has 0 aliphatic rings. The first kappa shape index (κ1) is 10.9. The molecule has 0 saturated carbocycles. The number of hydrogen-bond donors (Lipinski definition) is 1. The minimum absolute atomic E-state index is 0.179. The molecule has 86 valence electrons. The van der Waals surface area contributed by atoms with Crippen molar-refractivity contribution < 1.29 is 0 Å². The number of imidazole rings is 1. The zero-order valence-electron chi connectivity index (χ0n) is 10.2. The van der Waals surface area contributed by atoms with Gasteiger partial charge in [0.1, 0.15) is 11.3 Å². The van der Waals surface area contributed by atoms with Crippen molar-refractivity contribution in [2.24, 2.45) is 5.41 Å². The van der Waals surface area contributed by atoms with Crippen LogP contribution in [0.1, 0.15) is 26.6 Å². The highest BCUT2D eigenvalue weighted by molar-refractivity contribution is 5.71. The van der Waals surface area contributed by atoms with Gasteiger partial charge < -0.3 is 10.3 Å². The Balaban J connectivity index is 2.58. The minimum Gasteiger partial charge on any atom is -0.368 e. The van der Waals surface area contributed by atoms with E-state index in [1.165, 1.54) is 0 Å². The molecule has 2 rings (SSSR count). The summed E-state index contributed by atoms with van der Waals surface area (Å²) in [5.41, 5.74) is 7.40. The summed E-state index contributed by atoms with van der Waals surface area (Å²) >= 11 is 0. The summed E-state index contributed by atoms with van der Waals surface area (Å²) in [6, 6.07) is 0. The molecular weight excluding hydrogens is 202 g/mol. The fourth-order valence-electron chi connectivity index (χ4n) is 1.71. The third kappa shape index (κ3) is 1.98. The Hall–Kier alpha value is -1.65. The predicted molar refractivity (Wildman–Crippen MR) is 63.9 cm³/mol. The van der Waals surface area contributed by atoms with Crippen LogP contribution in [0, 0.1) is 12.3 Å². The van der Waals surface area contributed by atoms with E-state index in [4.69, 9.17) is 5.73 Å². The molecule has 2 aromatic heterocycles. The standard InChI is InChI=1S/C11H17N5/c1-7-14-8-5-13-10(12)15-9(8)16(7)6-11(2,3)4/h5H,6H2,1-4H3,(H2,12,13,15). The fourth-order valence-corrected chi connectivity index (χ4v) is 1.71. The zero-order chi connectivity index (χ0) is 11.9. The third-order valence-corrected chi connectivity index (χ3v) is 2.33. The SMILES string of the molecule is Cc1nc2cnc(N)nc2n1CC(C)(C)C. The summed E-state index contributed by atoms with van der Waals surface area (Å²) < 4.78 is 2.09. The van der Waals surface area contributed by atoms with Crippen LogP contribution in [0.25, 0.3) is 11.2 Å². The molecule has 0 fully saturated rings. The highest BCUT2D eigenvalue weighted by atomic mass is 15.2. The number of fused-ring (bicyclic) bond motifs is 1. The van der Waals surface area contributed by atoms with Crippen LogP contribution in [0.4, 0.5) is 5.95 Å². The quantitative estimate of drug-likeness (QED) is 0.793. The van der Waals surface area contributed by atoms with Crippen LogP contribution < -0.4 is 5.73 Å². The number of aromatic nitrogens is 4. The molecule has 2 N–H and O–H groups in total. The number of nitrogens with zero attached hydrogens (tertiary/aromatic N) is 4. The Kier molecular flexibility index (Phi) is 2.33. The summed E-state index contributed by atoms with van der Waals surface area (Å²) in [5.74, 6) is 1.24. The Morgan fingerprint density at radius 3 is 2.62 bits per heavy atom. The Morgan fingerprint density at radius 2 is 2.00 bits per heavy atom. The molecule has 16 heavy (non-hydrogen) atoms. The topological polar surface area (TPSA) is 69.6 Å². The zero-order valence-corrected chi connectivity index (χ0v) is 10.2. The van der Waals surface area contributed by atoms with Gasteiger partial charge in [-0.25, -0.2) is 9.97 Å². The molecule has 0 spiro atoms. The first-order valence-electron chi connectivity index (χ1n) is 5.32. The van der Waals surface area contributed by atoms with E-state index in [0.29, 0.717) is 5.95 Å². The molecular formula is C11H17N5. The van der Waals surface area contributed by atoms with Crippen molar-refractivity contribution in [3.8, 4) is 0 Å². The average molecular weight is 219 g/mol. The van der Waals surface area contributed by atoms with Crippen LogP contribution >= 0.6 is 0 Å². The van der Waals surface area contributed by atoms with Crippen molar-refractivity contribution in [1.82, 2.24) is 19.5 Å². The largest absolute Gasteiger partial charge is 0.368 e. The van der Waals surface area contributed by atoms with Gasteiger partial charge >= 0.3 is 0 Å². The van der Waals surface area contributed by atoms with Crippen LogP contribution in [0.15, 0.2) is 6.20 Å². The van der Waals surface area contributed by atoms with Gasteiger partial charge in [-0.15, -0.1) is 0 Å². The molecule has 0 aliphatic heterocycles. The van der Waals surface area contributed by atoms with Crippen LogP contribution in [0.3, 0.4) is 0 Å². The molecule has 0 bridgehead atoms. The van der Waals surface area contributed by atoms with E-state index in [9.17, 15) is 0 Å². The highest BCUT2D eigenvalue weighted by Gasteiger charge is 2.16. The van der Waals surface area contributed by atoms with Crippen LogP contribution in [-0.2, 0) is 6.54 Å². The van der Waals surface area contributed by atoms with Gasteiger partial charge in [0.05, 0.1) is 6.20 Å². The molecule has 5 heteroatoms. The van der Waals surface area contributed by atoms with Crippen molar-refractivity contribution in [3.05, 3.63) is 12.0 Å². The fraction of sp³-hybridized carbons (Fsp3) is 0.545. The van der Waals surface area contributed by atoms with E-state index in [1.807, 2.05) is 6.92 Å². The molecule has 2 aromatic rings. The number of anilines is 1.